The first-order valence-electron chi connectivity index (χ1n) is 4.44. The van der Waals surface area contributed by atoms with Crippen molar-refractivity contribution >= 4 is 32.8 Å². The lowest BCUT2D eigenvalue weighted by Crippen LogP contribution is -2.15. The minimum absolute atomic E-state index is 0.343. The molecule has 0 fully saturated rings. The van der Waals surface area contributed by atoms with Gasteiger partial charge in [-0.3, -0.25) is 4.79 Å². The van der Waals surface area contributed by atoms with Crippen molar-refractivity contribution in [1.82, 2.24) is 9.97 Å². The number of benzene rings is 1. The van der Waals surface area contributed by atoms with E-state index in [4.69, 9.17) is 5.11 Å². The number of alkyl halides is 1. The van der Waals surface area contributed by atoms with Crippen molar-refractivity contribution in [3.63, 3.8) is 0 Å². The number of nitrogens with zero attached hydrogens (tertiary/aromatic N) is 1. The largest absolute Gasteiger partial charge is 0.475 e. The summed E-state index contributed by atoms with van der Waals surface area (Å²) in [5.41, 5.74) is 0.874. The lowest BCUT2D eigenvalue weighted by atomic mass is 10.2. The molecule has 1 heterocycles. The normalized spacial score (nSPS) is 10.6. The zero-order valence-electron chi connectivity index (χ0n) is 8.03. The second-order valence-corrected chi connectivity index (χ2v) is 3.77. The van der Waals surface area contributed by atoms with E-state index in [0.29, 0.717) is 16.2 Å². The number of hydrogen-bond acceptors (Lipinski definition) is 3. The maximum atomic E-state index is 11.6. The van der Waals surface area contributed by atoms with Crippen LogP contribution < -0.4 is 5.56 Å². The van der Waals surface area contributed by atoms with E-state index in [1.807, 2.05) is 0 Å². The van der Waals surface area contributed by atoms with E-state index >= 15 is 0 Å². The number of carboxylic acids is 1. The third kappa shape index (κ3) is 1.83. The molecular weight excluding hydrogens is 276 g/mol. The first-order chi connectivity index (χ1) is 7.61. The SMILES string of the molecule is O=C(O)c1nc2ccc(CBr)cc2c(=O)[nH]1. The molecule has 0 amide bonds. The molecule has 2 N–H and O–H groups in total. The van der Waals surface area contributed by atoms with Crippen LogP contribution in [-0.4, -0.2) is 21.0 Å². The maximum absolute atomic E-state index is 11.6. The molecule has 0 aliphatic rings. The molecule has 6 heteroatoms. The third-order valence-corrected chi connectivity index (χ3v) is 2.77. The molecule has 0 unspecified atom stereocenters. The topological polar surface area (TPSA) is 83.0 Å². The predicted molar refractivity (Wildman–Crippen MR) is 62.0 cm³/mol. The number of aromatic carboxylic acids is 1. The van der Waals surface area contributed by atoms with E-state index in [1.54, 1.807) is 18.2 Å². The second-order valence-electron chi connectivity index (χ2n) is 3.20. The van der Waals surface area contributed by atoms with Gasteiger partial charge in [-0.1, -0.05) is 22.0 Å². The number of rotatable bonds is 2. The fourth-order valence-corrected chi connectivity index (χ4v) is 1.72. The molecule has 82 valence electrons. The number of fused-ring (bicyclic) bond motifs is 1. The Labute approximate surface area is 98.3 Å². The lowest BCUT2D eigenvalue weighted by molar-refractivity contribution is 0.0683. The fraction of sp³-hybridized carbons (Fsp3) is 0.100. The lowest BCUT2D eigenvalue weighted by Gasteiger charge is -2.00. The van der Waals surface area contributed by atoms with Gasteiger partial charge in [0.15, 0.2) is 0 Å². The highest BCUT2D eigenvalue weighted by Crippen LogP contribution is 2.12. The van der Waals surface area contributed by atoms with Crippen molar-refractivity contribution in [1.29, 1.82) is 0 Å². The molecule has 5 nitrogen and oxygen atoms in total. The predicted octanol–water partition coefficient (Wildman–Crippen LogP) is 1.52. The molecule has 0 aliphatic heterocycles. The standard InChI is InChI=1S/C10H7BrN2O3/c11-4-5-1-2-7-6(3-5)9(14)13-8(12-7)10(15)16/h1-3H,4H2,(H,15,16)(H,12,13,14). The average molecular weight is 283 g/mol. The van der Waals surface area contributed by atoms with E-state index in [2.05, 4.69) is 25.9 Å². The van der Waals surface area contributed by atoms with Crippen LogP contribution in [0.3, 0.4) is 0 Å². The van der Waals surface area contributed by atoms with Crippen molar-refractivity contribution in [3.05, 3.63) is 39.9 Å². The highest BCUT2D eigenvalue weighted by atomic mass is 79.9. The van der Waals surface area contributed by atoms with Crippen molar-refractivity contribution in [3.8, 4) is 0 Å². The highest BCUT2D eigenvalue weighted by molar-refractivity contribution is 9.08. The monoisotopic (exact) mass is 282 g/mol. The van der Waals surface area contributed by atoms with Crippen molar-refractivity contribution in [2.24, 2.45) is 0 Å². The summed E-state index contributed by atoms with van der Waals surface area (Å²) >= 11 is 3.28. The molecule has 0 aliphatic carbocycles. The number of halogens is 1. The number of aromatic amines is 1. The van der Waals surface area contributed by atoms with Crippen molar-refractivity contribution in [2.75, 3.05) is 0 Å². The van der Waals surface area contributed by atoms with Gasteiger partial charge in [0, 0.05) is 5.33 Å². The average Bonchev–Trinajstić information content (AvgIpc) is 2.28. The van der Waals surface area contributed by atoms with Crippen LogP contribution in [0, 0.1) is 0 Å². The van der Waals surface area contributed by atoms with Gasteiger partial charge in [0.1, 0.15) is 0 Å². The summed E-state index contributed by atoms with van der Waals surface area (Å²) in [7, 11) is 0. The minimum Gasteiger partial charge on any atom is -0.475 e. The van der Waals surface area contributed by atoms with Gasteiger partial charge in [-0.05, 0) is 17.7 Å². The van der Waals surface area contributed by atoms with Gasteiger partial charge in [-0.2, -0.15) is 0 Å². The van der Waals surface area contributed by atoms with Gasteiger partial charge in [0.05, 0.1) is 10.9 Å². The number of hydrogen-bond donors (Lipinski definition) is 2. The van der Waals surface area contributed by atoms with Gasteiger partial charge in [-0.25, -0.2) is 9.78 Å². The number of carboxylic acid groups (broad SMARTS) is 1. The Morgan fingerprint density at radius 1 is 1.50 bits per heavy atom. The zero-order valence-corrected chi connectivity index (χ0v) is 9.61. The Morgan fingerprint density at radius 2 is 2.25 bits per heavy atom. The van der Waals surface area contributed by atoms with Crippen molar-refractivity contribution < 1.29 is 9.90 Å². The zero-order chi connectivity index (χ0) is 11.7. The summed E-state index contributed by atoms with van der Waals surface area (Å²) in [6.45, 7) is 0. The van der Waals surface area contributed by atoms with Crippen LogP contribution in [0.5, 0.6) is 0 Å². The molecule has 0 saturated carbocycles. The Balaban J connectivity index is 2.76. The van der Waals surface area contributed by atoms with Gasteiger partial charge < -0.3 is 10.1 Å². The summed E-state index contributed by atoms with van der Waals surface area (Å²) in [5, 5.41) is 9.75. The minimum atomic E-state index is -1.25. The van der Waals surface area contributed by atoms with E-state index in [9.17, 15) is 9.59 Å². The molecule has 16 heavy (non-hydrogen) atoms. The fourth-order valence-electron chi connectivity index (χ4n) is 1.37. The van der Waals surface area contributed by atoms with Crippen LogP contribution >= 0.6 is 15.9 Å². The molecule has 1 aromatic heterocycles. The summed E-state index contributed by atoms with van der Waals surface area (Å²) in [6.07, 6.45) is 0. The number of H-pyrrole nitrogens is 1. The number of carbonyl (C=O) groups is 1. The van der Waals surface area contributed by atoms with Crippen LogP contribution in [0.15, 0.2) is 23.0 Å². The first kappa shape index (κ1) is 10.8. The van der Waals surface area contributed by atoms with Gasteiger partial charge in [0.25, 0.3) is 5.56 Å². The molecule has 0 spiro atoms. The Bertz CT molecular complexity index is 621. The van der Waals surface area contributed by atoms with Crippen molar-refractivity contribution in [2.45, 2.75) is 5.33 Å². The Morgan fingerprint density at radius 3 is 2.88 bits per heavy atom. The summed E-state index contributed by atoms with van der Waals surface area (Å²) in [4.78, 5) is 28.3. The molecule has 0 bridgehead atoms. The van der Waals surface area contributed by atoms with E-state index < -0.39 is 11.5 Å². The van der Waals surface area contributed by atoms with Crippen LogP contribution in [0.25, 0.3) is 10.9 Å². The Kier molecular flexibility index (Phi) is 2.74. The summed E-state index contributed by atoms with van der Waals surface area (Å²) in [6, 6.07) is 5.10. The molecule has 0 atom stereocenters. The smallest absolute Gasteiger partial charge is 0.372 e. The molecule has 1 aromatic carbocycles. The van der Waals surface area contributed by atoms with E-state index in [1.165, 1.54) is 0 Å². The molecule has 2 aromatic rings. The maximum Gasteiger partial charge on any atom is 0.372 e. The van der Waals surface area contributed by atoms with Crippen LogP contribution in [0.4, 0.5) is 0 Å². The first-order valence-corrected chi connectivity index (χ1v) is 5.56. The van der Waals surface area contributed by atoms with Crippen LogP contribution in [0.1, 0.15) is 16.2 Å². The number of nitrogens with one attached hydrogen (secondary N) is 1. The van der Waals surface area contributed by atoms with Crippen LogP contribution in [-0.2, 0) is 5.33 Å². The third-order valence-electron chi connectivity index (χ3n) is 2.13. The highest BCUT2D eigenvalue weighted by Gasteiger charge is 2.09. The van der Waals surface area contributed by atoms with Crippen LogP contribution in [0.2, 0.25) is 0 Å². The number of aromatic nitrogens is 2. The van der Waals surface area contributed by atoms with Gasteiger partial charge in [-0.15, -0.1) is 0 Å². The molecule has 2 rings (SSSR count). The molecule has 0 saturated heterocycles. The summed E-state index contributed by atoms with van der Waals surface area (Å²) < 4.78 is 0. The summed E-state index contributed by atoms with van der Waals surface area (Å²) in [5.74, 6) is -1.59. The quantitative estimate of drug-likeness (QED) is 0.818. The van der Waals surface area contributed by atoms with E-state index in [-0.39, 0.29) is 5.82 Å². The van der Waals surface area contributed by atoms with Gasteiger partial charge >= 0.3 is 5.97 Å². The second kappa shape index (κ2) is 4.05. The Hall–Kier alpha value is -1.69. The molecule has 0 radical (unpaired) electrons. The van der Waals surface area contributed by atoms with Gasteiger partial charge in [0.2, 0.25) is 5.82 Å². The molecular formula is C10H7BrN2O3. The van der Waals surface area contributed by atoms with E-state index in [0.717, 1.165) is 5.56 Å².